The van der Waals surface area contributed by atoms with Crippen LogP contribution in [0.3, 0.4) is 0 Å². The summed E-state index contributed by atoms with van der Waals surface area (Å²) in [6.07, 6.45) is -6.12. The zero-order valence-electron chi connectivity index (χ0n) is 21.7. The summed E-state index contributed by atoms with van der Waals surface area (Å²) in [7, 11) is 2.47. The Kier molecular flexibility index (Phi) is 9.13. The molecule has 1 heterocycles. The van der Waals surface area contributed by atoms with Crippen LogP contribution in [0.1, 0.15) is 39.4 Å². The van der Waals surface area contributed by atoms with Gasteiger partial charge in [-0.2, -0.15) is 0 Å². The molecule has 12 heteroatoms. The summed E-state index contributed by atoms with van der Waals surface area (Å²) in [5.74, 6) is -5.34. The molecule has 206 valence electrons. The van der Waals surface area contributed by atoms with Crippen molar-refractivity contribution < 1.29 is 52.3 Å². The van der Waals surface area contributed by atoms with Crippen LogP contribution in [-0.2, 0) is 52.3 Å². The van der Waals surface area contributed by atoms with Crippen LogP contribution in [0.5, 0.6) is 0 Å². The fraction of sp³-hybridized carbons (Fsp3) is 0.462. The van der Waals surface area contributed by atoms with E-state index in [0.717, 1.165) is 33.1 Å². The number of halogens is 1. The minimum absolute atomic E-state index is 0.464. The van der Waals surface area contributed by atoms with Crippen LogP contribution < -0.4 is 0 Å². The Morgan fingerprint density at radius 2 is 1.45 bits per heavy atom. The van der Waals surface area contributed by atoms with Crippen LogP contribution in [-0.4, -0.2) is 66.9 Å². The number of benzene rings is 2. The highest BCUT2D eigenvalue weighted by Crippen LogP contribution is 2.54. The van der Waals surface area contributed by atoms with E-state index in [9.17, 15) is 19.2 Å². The Bertz CT molecular complexity index is 1210. The summed E-state index contributed by atoms with van der Waals surface area (Å²) in [4.78, 5) is 49.1. The molecule has 1 aliphatic heterocycles. The van der Waals surface area contributed by atoms with Crippen LogP contribution in [0.15, 0.2) is 42.5 Å². The minimum atomic E-state index is -2.17. The molecule has 2 aromatic carbocycles. The van der Waals surface area contributed by atoms with Gasteiger partial charge in [-0.25, -0.2) is 0 Å². The first-order valence-electron chi connectivity index (χ1n) is 11.5. The van der Waals surface area contributed by atoms with Gasteiger partial charge in [0, 0.05) is 41.9 Å². The van der Waals surface area contributed by atoms with Gasteiger partial charge in [0.05, 0.1) is 0 Å². The van der Waals surface area contributed by atoms with Crippen molar-refractivity contribution in [3.05, 3.63) is 48.0 Å². The lowest BCUT2D eigenvalue weighted by Gasteiger charge is -2.54. The SMILES string of the molecule is COC(OC(C)=O)[C@@]1(Br)O[C@@H](c2cccc3ccccc23)[C@](OC)(OC(C)=O)[C@@H](OC(C)=O)[C@H]1OC(C)=O. The monoisotopic (exact) mass is 596 g/mol. The van der Waals surface area contributed by atoms with Crippen LogP contribution in [0.2, 0.25) is 0 Å². The number of esters is 4. The van der Waals surface area contributed by atoms with Crippen LogP contribution in [0.4, 0.5) is 0 Å². The van der Waals surface area contributed by atoms with E-state index in [2.05, 4.69) is 15.9 Å². The highest BCUT2D eigenvalue weighted by atomic mass is 79.9. The maximum atomic E-state index is 12.5. The number of rotatable bonds is 8. The molecule has 0 aliphatic carbocycles. The summed E-state index contributed by atoms with van der Waals surface area (Å²) < 4.78 is 38.0. The number of carbonyl (C=O) groups excluding carboxylic acids is 4. The number of hydrogen-bond acceptors (Lipinski definition) is 11. The Morgan fingerprint density at radius 3 is 2.00 bits per heavy atom. The van der Waals surface area contributed by atoms with Gasteiger partial charge >= 0.3 is 23.9 Å². The highest BCUT2D eigenvalue weighted by Gasteiger charge is 2.71. The normalized spacial score (nSPS) is 27.7. The Labute approximate surface area is 227 Å². The molecule has 0 amide bonds. The summed E-state index contributed by atoms with van der Waals surface area (Å²) in [5.41, 5.74) is 0.464. The van der Waals surface area contributed by atoms with E-state index in [4.69, 9.17) is 33.2 Å². The number of alkyl halides is 1. The summed E-state index contributed by atoms with van der Waals surface area (Å²) >= 11 is 3.44. The fourth-order valence-electron chi connectivity index (χ4n) is 4.53. The lowest BCUT2D eigenvalue weighted by Crippen LogP contribution is -2.72. The third kappa shape index (κ3) is 5.68. The maximum absolute atomic E-state index is 12.5. The zero-order valence-corrected chi connectivity index (χ0v) is 23.3. The first kappa shape index (κ1) is 29.5. The quantitative estimate of drug-likeness (QED) is 0.192. The zero-order chi connectivity index (χ0) is 28.3. The summed E-state index contributed by atoms with van der Waals surface area (Å²) in [6, 6.07) is 12.7. The van der Waals surface area contributed by atoms with Crippen molar-refractivity contribution in [3.63, 3.8) is 0 Å². The van der Waals surface area contributed by atoms with Crippen LogP contribution in [0.25, 0.3) is 10.8 Å². The molecule has 1 fully saturated rings. The number of hydrogen-bond donors (Lipinski definition) is 0. The van der Waals surface area contributed by atoms with Crippen LogP contribution >= 0.6 is 15.9 Å². The molecular formula is C26H29BrO11. The number of carbonyl (C=O) groups is 4. The van der Waals surface area contributed by atoms with Crippen molar-refractivity contribution in [2.45, 2.75) is 62.6 Å². The molecule has 3 rings (SSSR count). The molecule has 0 radical (unpaired) electrons. The predicted molar refractivity (Wildman–Crippen MR) is 135 cm³/mol. The molecule has 6 atom stereocenters. The van der Waals surface area contributed by atoms with E-state index in [1.54, 1.807) is 18.2 Å². The van der Waals surface area contributed by atoms with E-state index >= 15 is 0 Å². The molecule has 38 heavy (non-hydrogen) atoms. The third-order valence-electron chi connectivity index (χ3n) is 5.85. The van der Waals surface area contributed by atoms with Crippen LogP contribution in [0, 0.1) is 0 Å². The van der Waals surface area contributed by atoms with Crippen molar-refractivity contribution >= 4 is 50.6 Å². The highest BCUT2D eigenvalue weighted by molar-refractivity contribution is 9.10. The molecule has 1 saturated heterocycles. The Balaban J connectivity index is 2.40. The van der Waals surface area contributed by atoms with Gasteiger partial charge in [-0.05, 0) is 32.3 Å². The fourth-order valence-corrected chi connectivity index (χ4v) is 5.33. The van der Waals surface area contributed by atoms with Gasteiger partial charge in [0.15, 0.2) is 12.2 Å². The molecule has 0 saturated carbocycles. The third-order valence-corrected chi connectivity index (χ3v) is 6.86. The molecule has 0 aromatic heterocycles. The molecule has 0 spiro atoms. The van der Waals surface area contributed by atoms with Gasteiger partial charge in [0.1, 0.15) is 0 Å². The Morgan fingerprint density at radius 1 is 0.842 bits per heavy atom. The maximum Gasteiger partial charge on any atom is 0.305 e. The van der Waals surface area contributed by atoms with Crippen molar-refractivity contribution in [1.29, 1.82) is 0 Å². The molecule has 0 bridgehead atoms. The number of fused-ring (bicyclic) bond motifs is 1. The lowest BCUT2D eigenvalue weighted by atomic mass is 9.84. The van der Waals surface area contributed by atoms with Gasteiger partial charge in [-0.3, -0.25) is 19.2 Å². The van der Waals surface area contributed by atoms with Crippen molar-refractivity contribution in [2.75, 3.05) is 14.2 Å². The largest absolute Gasteiger partial charge is 0.454 e. The molecule has 1 aliphatic rings. The van der Waals surface area contributed by atoms with Gasteiger partial charge in [-0.1, -0.05) is 42.5 Å². The standard InChI is InChI=1S/C26H29BrO11/c1-14(28)34-22-23(35-15(2)29)26(33-6,37-17(4)31)21(38-25(22,27)24(32-5)36-16(3)30)20-13-9-11-18-10-7-8-12-19(18)20/h7-13,21-24H,1-6H3/t21-,22+,23-,24?,25-,26-/m0/s1. The average Bonchev–Trinajstić information content (AvgIpc) is 2.85. The Hall–Kier alpha value is -3.06. The lowest BCUT2D eigenvalue weighted by molar-refractivity contribution is -0.386. The molecule has 11 nitrogen and oxygen atoms in total. The molecular weight excluding hydrogens is 568 g/mol. The smallest absolute Gasteiger partial charge is 0.305 e. The second-order valence-corrected chi connectivity index (χ2v) is 9.76. The van der Waals surface area contributed by atoms with Crippen molar-refractivity contribution in [3.8, 4) is 0 Å². The van der Waals surface area contributed by atoms with Gasteiger partial charge in [-0.15, -0.1) is 0 Å². The van der Waals surface area contributed by atoms with E-state index in [-0.39, 0.29) is 0 Å². The molecule has 1 unspecified atom stereocenters. The topological polar surface area (TPSA) is 133 Å². The predicted octanol–water partition coefficient (Wildman–Crippen LogP) is 3.31. The first-order valence-corrected chi connectivity index (χ1v) is 12.3. The summed E-state index contributed by atoms with van der Waals surface area (Å²) in [5, 5.41) is 1.51. The van der Waals surface area contributed by atoms with E-state index in [1.165, 1.54) is 14.2 Å². The minimum Gasteiger partial charge on any atom is -0.454 e. The van der Waals surface area contributed by atoms with Gasteiger partial charge in [0.25, 0.3) is 5.79 Å². The number of methoxy groups -OCH3 is 2. The second-order valence-electron chi connectivity index (χ2n) is 8.52. The number of ether oxygens (including phenoxy) is 7. The molecule has 2 aromatic rings. The van der Waals surface area contributed by atoms with E-state index < -0.39 is 58.8 Å². The van der Waals surface area contributed by atoms with E-state index in [1.807, 2.05) is 24.3 Å². The van der Waals surface area contributed by atoms with E-state index in [0.29, 0.717) is 10.9 Å². The first-order chi connectivity index (χ1) is 17.9. The van der Waals surface area contributed by atoms with Gasteiger partial charge < -0.3 is 33.2 Å². The average molecular weight is 597 g/mol. The van der Waals surface area contributed by atoms with Crippen molar-refractivity contribution in [1.82, 2.24) is 0 Å². The van der Waals surface area contributed by atoms with Gasteiger partial charge in [0.2, 0.25) is 16.9 Å². The summed E-state index contributed by atoms with van der Waals surface area (Å²) in [6.45, 7) is 4.52. The molecule has 0 N–H and O–H groups in total. The second kappa shape index (κ2) is 11.8. The van der Waals surface area contributed by atoms with Crippen molar-refractivity contribution in [2.24, 2.45) is 0 Å².